The third-order valence-electron chi connectivity index (χ3n) is 4.11. The van der Waals surface area contributed by atoms with Gasteiger partial charge >= 0.3 is 6.03 Å². The Morgan fingerprint density at radius 3 is 2.71 bits per heavy atom. The minimum absolute atomic E-state index is 0.0488. The van der Waals surface area contributed by atoms with Crippen molar-refractivity contribution in [3.63, 3.8) is 0 Å². The number of nitrogens with one attached hydrogen (secondary N) is 1. The molecule has 21 heavy (non-hydrogen) atoms. The third-order valence-corrected chi connectivity index (χ3v) is 4.36. The molecule has 0 radical (unpaired) electrons. The molecule has 1 aromatic carbocycles. The van der Waals surface area contributed by atoms with E-state index >= 15 is 0 Å². The van der Waals surface area contributed by atoms with E-state index in [-0.39, 0.29) is 18.0 Å². The van der Waals surface area contributed by atoms with Crippen molar-refractivity contribution < 1.29 is 14.3 Å². The van der Waals surface area contributed by atoms with Gasteiger partial charge in [-0.3, -0.25) is 9.69 Å². The molecular formula is C15H17ClN2O3. The molecule has 2 aliphatic heterocycles. The molecule has 0 spiro atoms. The van der Waals surface area contributed by atoms with Crippen molar-refractivity contribution in [2.24, 2.45) is 0 Å². The van der Waals surface area contributed by atoms with Crippen LogP contribution < -0.4 is 5.32 Å². The van der Waals surface area contributed by atoms with Crippen molar-refractivity contribution in [1.29, 1.82) is 0 Å². The summed E-state index contributed by atoms with van der Waals surface area (Å²) < 4.78 is 5.51. The molecule has 2 fully saturated rings. The average Bonchev–Trinajstić information content (AvgIpc) is 3.03. The molecule has 1 N–H and O–H groups in total. The highest BCUT2D eigenvalue weighted by atomic mass is 35.5. The van der Waals surface area contributed by atoms with Gasteiger partial charge in [0.15, 0.2) is 0 Å². The van der Waals surface area contributed by atoms with Crippen LogP contribution in [0.3, 0.4) is 0 Å². The lowest BCUT2D eigenvalue weighted by Gasteiger charge is -2.23. The predicted molar refractivity (Wildman–Crippen MR) is 78.0 cm³/mol. The van der Waals surface area contributed by atoms with Crippen LogP contribution in [0, 0.1) is 0 Å². The minimum atomic E-state index is -1.04. The first-order valence-corrected chi connectivity index (χ1v) is 7.40. The number of urea groups is 1. The summed E-state index contributed by atoms with van der Waals surface area (Å²) in [6, 6.07) is 6.58. The molecule has 112 valence electrons. The van der Waals surface area contributed by atoms with Crippen molar-refractivity contribution in [3.05, 3.63) is 34.9 Å². The zero-order valence-corrected chi connectivity index (χ0v) is 12.5. The molecular weight excluding hydrogens is 292 g/mol. The minimum Gasteiger partial charge on any atom is -0.376 e. The number of hydrogen-bond donors (Lipinski definition) is 1. The highest BCUT2D eigenvalue weighted by molar-refractivity contribution is 6.30. The molecule has 0 saturated carbocycles. The van der Waals surface area contributed by atoms with Crippen molar-refractivity contribution in [3.8, 4) is 0 Å². The fourth-order valence-corrected chi connectivity index (χ4v) is 2.96. The van der Waals surface area contributed by atoms with Crippen LogP contribution in [0.1, 0.15) is 25.3 Å². The van der Waals surface area contributed by atoms with E-state index in [2.05, 4.69) is 5.32 Å². The number of rotatable bonds is 3. The number of ether oxygens (including phenoxy) is 1. The van der Waals surface area contributed by atoms with Gasteiger partial charge in [0.2, 0.25) is 0 Å². The lowest BCUT2D eigenvalue weighted by Crippen LogP contribution is -2.41. The van der Waals surface area contributed by atoms with Crippen LogP contribution in [0.2, 0.25) is 5.02 Å². The zero-order chi connectivity index (χ0) is 15.0. The fourth-order valence-electron chi connectivity index (χ4n) is 2.83. The van der Waals surface area contributed by atoms with Gasteiger partial charge in [-0.1, -0.05) is 23.7 Å². The molecule has 3 rings (SSSR count). The predicted octanol–water partition coefficient (Wildman–Crippen LogP) is 2.29. The average molecular weight is 309 g/mol. The molecule has 2 atom stereocenters. The van der Waals surface area contributed by atoms with Gasteiger partial charge < -0.3 is 10.1 Å². The smallest absolute Gasteiger partial charge is 0.325 e. The maximum atomic E-state index is 12.7. The molecule has 2 saturated heterocycles. The Labute approximate surface area is 128 Å². The highest BCUT2D eigenvalue weighted by Gasteiger charge is 2.49. The fraction of sp³-hybridized carbons (Fsp3) is 0.467. The first kappa shape index (κ1) is 14.4. The third kappa shape index (κ3) is 2.51. The standard InChI is InChI=1S/C15H17ClN2O3/c1-15(10-4-6-11(16)7-5-10)13(19)18(14(20)17-15)9-12-3-2-8-21-12/h4-7,12H,2-3,8-9H2,1H3,(H,17,20)/t12-,15-/m0/s1. The molecule has 1 aromatic rings. The molecule has 2 aliphatic rings. The maximum Gasteiger partial charge on any atom is 0.325 e. The van der Waals surface area contributed by atoms with Gasteiger partial charge in [-0.2, -0.15) is 0 Å². The highest BCUT2D eigenvalue weighted by Crippen LogP contribution is 2.30. The van der Waals surface area contributed by atoms with E-state index in [1.54, 1.807) is 31.2 Å². The van der Waals surface area contributed by atoms with E-state index in [4.69, 9.17) is 16.3 Å². The molecule has 0 aliphatic carbocycles. The molecule has 0 unspecified atom stereocenters. The number of carbonyl (C=O) groups excluding carboxylic acids is 2. The van der Waals surface area contributed by atoms with Gasteiger partial charge in [-0.05, 0) is 37.5 Å². The number of nitrogens with zero attached hydrogens (tertiary/aromatic N) is 1. The van der Waals surface area contributed by atoms with Gasteiger partial charge in [-0.25, -0.2) is 4.79 Å². The van der Waals surface area contributed by atoms with Gasteiger partial charge in [0.25, 0.3) is 5.91 Å². The SMILES string of the molecule is C[C@@]1(c2ccc(Cl)cc2)NC(=O)N(C[C@@H]2CCCO2)C1=O. The summed E-state index contributed by atoms with van der Waals surface area (Å²) in [6.07, 6.45) is 1.81. The number of carbonyl (C=O) groups is 2. The van der Waals surface area contributed by atoms with Crippen LogP contribution in [0.15, 0.2) is 24.3 Å². The van der Waals surface area contributed by atoms with E-state index in [1.807, 2.05) is 0 Å². The van der Waals surface area contributed by atoms with E-state index < -0.39 is 5.54 Å². The second kappa shape index (κ2) is 5.31. The zero-order valence-electron chi connectivity index (χ0n) is 11.8. The summed E-state index contributed by atoms with van der Waals surface area (Å²) >= 11 is 5.87. The van der Waals surface area contributed by atoms with Crippen LogP contribution >= 0.6 is 11.6 Å². The van der Waals surface area contributed by atoms with E-state index in [9.17, 15) is 9.59 Å². The number of halogens is 1. The Bertz CT molecular complexity index is 569. The molecule has 6 heteroatoms. The summed E-state index contributed by atoms with van der Waals surface area (Å²) in [4.78, 5) is 26.1. The first-order chi connectivity index (χ1) is 10.0. The molecule has 5 nitrogen and oxygen atoms in total. The topological polar surface area (TPSA) is 58.6 Å². The van der Waals surface area contributed by atoms with Gasteiger partial charge in [0, 0.05) is 11.6 Å². The Hall–Kier alpha value is -1.59. The monoisotopic (exact) mass is 308 g/mol. The van der Waals surface area contributed by atoms with Crippen molar-refractivity contribution in [1.82, 2.24) is 10.2 Å². The van der Waals surface area contributed by atoms with Gasteiger partial charge in [0.05, 0.1) is 12.6 Å². The van der Waals surface area contributed by atoms with Crippen LogP contribution in [0.25, 0.3) is 0 Å². The van der Waals surface area contributed by atoms with Crippen LogP contribution in [-0.2, 0) is 15.1 Å². The maximum absolute atomic E-state index is 12.7. The normalized spacial score (nSPS) is 29.0. The van der Waals surface area contributed by atoms with E-state index in [0.717, 1.165) is 18.4 Å². The summed E-state index contributed by atoms with van der Waals surface area (Å²) in [5, 5.41) is 3.37. The second-order valence-corrected chi connectivity index (χ2v) is 6.05. The second-order valence-electron chi connectivity index (χ2n) is 5.61. The summed E-state index contributed by atoms with van der Waals surface area (Å²) in [5.74, 6) is -0.245. The first-order valence-electron chi connectivity index (χ1n) is 7.02. The Balaban J connectivity index is 1.82. The lowest BCUT2D eigenvalue weighted by molar-refractivity contribution is -0.132. The molecule has 0 bridgehead atoms. The number of benzene rings is 1. The van der Waals surface area contributed by atoms with Gasteiger partial charge in [-0.15, -0.1) is 0 Å². The number of imide groups is 1. The van der Waals surface area contributed by atoms with Gasteiger partial charge in [0.1, 0.15) is 5.54 Å². The number of amides is 3. The Morgan fingerprint density at radius 1 is 1.38 bits per heavy atom. The lowest BCUT2D eigenvalue weighted by atomic mass is 9.92. The number of hydrogen-bond acceptors (Lipinski definition) is 3. The van der Waals surface area contributed by atoms with Crippen LogP contribution in [-0.4, -0.2) is 36.1 Å². The summed E-state index contributed by atoms with van der Waals surface area (Å²) in [6.45, 7) is 2.72. The quantitative estimate of drug-likeness (QED) is 0.872. The van der Waals surface area contributed by atoms with Crippen molar-refractivity contribution >= 4 is 23.5 Å². The molecule has 2 heterocycles. The van der Waals surface area contributed by atoms with E-state index in [0.29, 0.717) is 18.2 Å². The molecule has 0 aromatic heterocycles. The molecule has 3 amide bonds. The van der Waals surface area contributed by atoms with E-state index in [1.165, 1.54) is 4.90 Å². The summed E-state index contributed by atoms with van der Waals surface area (Å²) in [5.41, 5.74) is -0.319. The van der Waals surface area contributed by atoms with Crippen molar-refractivity contribution in [2.45, 2.75) is 31.4 Å². The largest absolute Gasteiger partial charge is 0.376 e. The Morgan fingerprint density at radius 2 is 2.10 bits per heavy atom. The van der Waals surface area contributed by atoms with Crippen LogP contribution in [0.4, 0.5) is 4.79 Å². The van der Waals surface area contributed by atoms with Crippen LogP contribution in [0.5, 0.6) is 0 Å². The summed E-state index contributed by atoms with van der Waals surface area (Å²) in [7, 11) is 0. The Kier molecular flexibility index (Phi) is 3.63. The van der Waals surface area contributed by atoms with Crippen molar-refractivity contribution in [2.75, 3.05) is 13.2 Å².